The van der Waals surface area contributed by atoms with Crippen LogP contribution >= 0.6 is 11.6 Å². The third-order valence-electron chi connectivity index (χ3n) is 3.42. The average molecular weight is 283 g/mol. The Morgan fingerprint density at radius 2 is 2.00 bits per heavy atom. The molecule has 0 saturated carbocycles. The van der Waals surface area contributed by atoms with Gasteiger partial charge in [0.25, 0.3) is 0 Å². The maximum atomic E-state index is 6.01. The Morgan fingerprint density at radius 3 is 2.63 bits per heavy atom. The highest BCUT2D eigenvalue weighted by Gasteiger charge is 2.09. The maximum Gasteiger partial charge on any atom is 0.0409 e. The fourth-order valence-electron chi connectivity index (χ4n) is 2.09. The third-order valence-corrected chi connectivity index (χ3v) is 3.66. The minimum atomic E-state index is 0.583. The second-order valence-corrected chi connectivity index (χ2v) is 6.08. The van der Waals surface area contributed by atoms with Gasteiger partial charge in [0.05, 0.1) is 0 Å². The smallest absolute Gasteiger partial charge is 0.0409 e. The fraction of sp³-hybridized carbons (Fsp3) is 0.625. The number of halogens is 1. The second-order valence-electron chi connectivity index (χ2n) is 5.65. The number of benzene rings is 1. The van der Waals surface area contributed by atoms with Crippen LogP contribution in [0, 0.1) is 0 Å². The summed E-state index contributed by atoms with van der Waals surface area (Å²) < 4.78 is 0. The van der Waals surface area contributed by atoms with Crippen molar-refractivity contribution >= 4 is 11.6 Å². The van der Waals surface area contributed by atoms with Crippen molar-refractivity contribution in [2.75, 3.05) is 13.6 Å². The molecule has 0 spiro atoms. The van der Waals surface area contributed by atoms with E-state index < -0.39 is 0 Å². The Bertz CT molecular complexity index is 366. The van der Waals surface area contributed by atoms with Crippen LogP contribution in [-0.2, 0) is 6.54 Å². The molecule has 0 amide bonds. The Kier molecular flexibility index (Phi) is 7.44. The highest BCUT2D eigenvalue weighted by Crippen LogP contribution is 2.14. The summed E-state index contributed by atoms with van der Waals surface area (Å²) in [5, 5.41) is 4.28. The quantitative estimate of drug-likeness (QED) is 0.727. The molecule has 19 heavy (non-hydrogen) atoms. The van der Waals surface area contributed by atoms with Crippen LogP contribution in [0.5, 0.6) is 0 Å². The Hall–Kier alpha value is -0.570. The molecule has 1 aromatic carbocycles. The maximum absolute atomic E-state index is 6.01. The number of nitrogens with zero attached hydrogens (tertiary/aromatic N) is 1. The lowest BCUT2D eigenvalue weighted by atomic mass is 10.1. The van der Waals surface area contributed by atoms with Gasteiger partial charge in [0.1, 0.15) is 0 Å². The molecule has 108 valence electrons. The third kappa shape index (κ3) is 6.95. The Labute approximate surface area is 123 Å². The lowest BCUT2D eigenvalue weighted by molar-refractivity contribution is 0.234. The predicted molar refractivity (Wildman–Crippen MR) is 84.8 cm³/mol. The molecule has 0 aromatic heterocycles. The minimum absolute atomic E-state index is 0.583. The summed E-state index contributed by atoms with van der Waals surface area (Å²) in [4.78, 5) is 2.39. The molecular formula is C16H27ClN2. The van der Waals surface area contributed by atoms with E-state index in [9.17, 15) is 0 Å². The zero-order valence-corrected chi connectivity index (χ0v) is 13.4. The van der Waals surface area contributed by atoms with E-state index in [1.807, 2.05) is 18.2 Å². The van der Waals surface area contributed by atoms with E-state index in [-0.39, 0.29) is 0 Å². The van der Waals surface area contributed by atoms with Gasteiger partial charge < -0.3 is 5.32 Å². The molecule has 0 bridgehead atoms. The molecule has 3 heteroatoms. The van der Waals surface area contributed by atoms with Gasteiger partial charge in [-0.25, -0.2) is 0 Å². The number of hydrogen-bond acceptors (Lipinski definition) is 2. The molecule has 0 aliphatic heterocycles. The molecule has 0 aliphatic rings. The van der Waals surface area contributed by atoms with Gasteiger partial charge in [-0.05, 0) is 51.1 Å². The molecule has 0 heterocycles. The van der Waals surface area contributed by atoms with Gasteiger partial charge in [-0.1, -0.05) is 37.6 Å². The topological polar surface area (TPSA) is 15.3 Å². The highest BCUT2D eigenvalue weighted by atomic mass is 35.5. The molecule has 2 nitrogen and oxygen atoms in total. The molecule has 1 rings (SSSR count). The first-order valence-electron chi connectivity index (χ1n) is 7.17. The van der Waals surface area contributed by atoms with Crippen molar-refractivity contribution in [2.45, 2.75) is 52.2 Å². The summed E-state index contributed by atoms with van der Waals surface area (Å²) in [5.41, 5.74) is 1.28. The SMILES string of the molecule is CC(C)NCCCC(C)N(C)Cc1cccc(Cl)c1. The summed E-state index contributed by atoms with van der Waals surface area (Å²) in [5.74, 6) is 0. The molecule has 1 atom stereocenters. The van der Waals surface area contributed by atoms with Crippen LogP contribution in [0.3, 0.4) is 0 Å². The largest absolute Gasteiger partial charge is 0.315 e. The van der Waals surface area contributed by atoms with E-state index in [2.05, 4.69) is 44.1 Å². The summed E-state index contributed by atoms with van der Waals surface area (Å²) in [6.45, 7) is 8.73. The van der Waals surface area contributed by atoms with Gasteiger partial charge >= 0.3 is 0 Å². The van der Waals surface area contributed by atoms with Crippen molar-refractivity contribution in [3.63, 3.8) is 0 Å². The predicted octanol–water partition coefficient (Wildman–Crippen LogP) is 3.94. The summed E-state index contributed by atoms with van der Waals surface area (Å²) in [7, 11) is 2.18. The van der Waals surface area contributed by atoms with E-state index in [1.165, 1.54) is 18.4 Å². The van der Waals surface area contributed by atoms with Gasteiger partial charge in [-0.15, -0.1) is 0 Å². The molecular weight excluding hydrogens is 256 g/mol. The summed E-state index contributed by atoms with van der Waals surface area (Å²) in [6.07, 6.45) is 2.44. The van der Waals surface area contributed by atoms with Crippen LogP contribution in [-0.4, -0.2) is 30.6 Å². The van der Waals surface area contributed by atoms with Gasteiger partial charge in [0.2, 0.25) is 0 Å². The van der Waals surface area contributed by atoms with Crippen LogP contribution < -0.4 is 5.32 Å². The first-order valence-corrected chi connectivity index (χ1v) is 7.55. The van der Waals surface area contributed by atoms with Crippen LogP contribution in [0.2, 0.25) is 5.02 Å². The van der Waals surface area contributed by atoms with Crippen LogP contribution in [0.25, 0.3) is 0 Å². The van der Waals surface area contributed by atoms with E-state index in [4.69, 9.17) is 11.6 Å². The highest BCUT2D eigenvalue weighted by molar-refractivity contribution is 6.30. The molecule has 0 fully saturated rings. The first kappa shape index (κ1) is 16.5. The normalized spacial score (nSPS) is 13.2. The van der Waals surface area contributed by atoms with Crippen molar-refractivity contribution in [1.29, 1.82) is 0 Å². The van der Waals surface area contributed by atoms with Crippen molar-refractivity contribution < 1.29 is 0 Å². The monoisotopic (exact) mass is 282 g/mol. The van der Waals surface area contributed by atoms with Gasteiger partial charge in [0, 0.05) is 23.7 Å². The molecule has 1 aromatic rings. The van der Waals surface area contributed by atoms with Crippen molar-refractivity contribution in [3.05, 3.63) is 34.9 Å². The lowest BCUT2D eigenvalue weighted by Gasteiger charge is -2.25. The molecule has 1 unspecified atom stereocenters. The molecule has 0 radical (unpaired) electrons. The van der Waals surface area contributed by atoms with Gasteiger partial charge in [0.15, 0.2) is 0 Å². The number of hydrogen-bond donors (Lipinski definition) is 1. The molecule has 0 saturated heterocycles. The van der Waals surface area contributed by atoms with Crippen molar-refractivity contribution in [1.82, 2.24) is 10.2 Å². The van der Waals surface area contributed by atoms with E-state index in [0.717, 1.165) is 18.1 Å². The van der Waals surface area contributed by atoms with Crippen LogP contribution in [0.4, 0.5) is 0 Å². The van der Waals surface area contributed by atoms with E-state index in [1.54, 1.807) is 0 Å². The number of nitrogens with one attached hydrogen (secondary N) is 1. The zero-order chi connectivity index (χ0) is 14.3. The number of rotatable bonds is 8. The van der Waals surface area contributed by atoms with Crippen molar-refractivity contribution in [3.8, 4) is 0 Å². The molecule has 1 N–H and O–H groups in total. The summed E-state index contributed by atoms with van der Waals surface area (Å²) in [6, 6.07) is 9.29. The van der Waals surface area contributed by atoms with E-state index in [0.29, 0.717) is 12.1 Å². The Balaban J connectivity index is 2.30. The first-order chi connectivity index (χ1) is 8.99. The van der Waals surface area contributed by atoms with Gasteiger partial charge in [-0.3, -0.25) is 4.90 Å². The fourth-order valence-corrected chi connectivity index (χ4v) is 2.30. The van der Waals surface area contributed by atoms with E-state index >= 15 is 0 Å². The standard InChI is InChI=1S/C16H27ClN2/c1-13(2)18-10-6-7-14(3)19(4)12-15-8-5-9-16(17)11-15/h5,8-9,11,13-14,18H,6-7,10,12H2,1-4H3. The zero-order valence-electron chi connectivity index (χ0n) is 12.6. The van der Waals surface area contributed by atoms with Gasteiger partial charge in [-0.2, -0.15) is 0 Å². The van der Waals surface area contributed by atoms with Crippen LogP contribution in [0.1, 0.15) is 39.2 Å². The summed E-state index contributed by atoms with van der Waals surface area (Å²) >= 11 is 6.01. The Morgan fingerprint density at radius 1 is 1.26 bits per heavy atom. The second kappa shape index (κ2) is 8.57. The molecule has 0 aliphatic carbocycles. The van der Waals surface area contributed by atoms with Crippen molar-refractivity contribution in [2.24, 2.45) is 0 Å². The minimum Gasteiger partial charge on any atom is -0.315 e. The lowest BCUT2D eigenvalue weighted by Crippen LogP contribution is -2.30. The average Bonchev–Trinajstić information content (AvgIpc) is 2.34. The van der Waals surface area contributed by atoms with Crippen LogP contribution in [0.15, 0.2) is 24.3 Å².